The molecule has 6 nitrogen and oxygen atoms in total. The Bertz CT molecular complexity index is 660. The summed E-state index contributed by atoms with van der Waals surface area (Å²) in [5, 5.41) is 0. The van der Waals surface area contributed by atoms with Crippen molar-refractivity contribution in [1.82, 2.24) is 4.31 Å². The fourth-order valence-electron chi connectivity index (χ4n) is 2.98. The van der Waals surface area contributed by atoms with Crippen molar-refractivity contribution in [2.24, 2.45) is 0 Å². The summed E-state index contributed by atoms with van der Waals surface area (Å²) in [6.07, 6.45) is 1.42. The Morgan fingerprint density at radius 1 is 1.22 bits per heavy atom. The standard InChI is InChI=1S/C15H21NO5S2/c1-19-12-3-4-13(20-2)14(11-12)23(17,18)16-7-5-15(6-8-16)21-9-10-22-15/h3-4,11H,5-10H2,1-2H3. The van der Waals surface area contributed by atoms with Gasteiger partial charge in [-0.05, 0) is 25.0 Å². The molecular weight excluding hydrogens is 338 g/mol. The third kappa shape index (κ3) is 3.17. The van der Waals surface area contributed by atoms with Crippen LogP contribution in [-0.2, 0) is 14.8 Å². The number of thioether (sulfide) groups is 1. The highest BCUT2D eigenvalue weighted by Crippen LogP contribution is 2.43. The normalized spacial score (nSPS) is 21.5. The van der Waals surface area contributed by atoms with Gasteiger partial charge in [-0.15, -0.1) is 11.8 Å². The van der Waals surface area contributed by atoms with E-state index in [4.69, 9.17) is 14.2 Å². The fourth-order valence-corrected chi connectivity index (χ4v) is 5.77. The van der Waals surface area contributed by atoms with Crippen molar-refractivity contribution in [2.75, 3.05) is 39.7 Å². The number of rotatable bonds is 4. The van der Waals surface area contributed by atoms with Gasteiger partial charge in [0, 0.05) is 24.9 Å². The molecule has 2 fully saturated rings. The molecule has 0 bridgehead atoms. The highest BCUT2D eigenvalue weighted by molar-refractivity contribution is 8.00. The molecule has 2 aliphatic heterocycles. The van der Waals surface area contributed by atoms with Crippen LogP contribution in [0.3, 0.4) is 0 Å². The minimum absolute atomic E-state index is 0.148. The summed E-state index contributed by atoms with van der Waals surface area (Å²) in [6.45, 7) is 1.66. The van der Waals surface area contributed by atoms with Gasteiger partial charge < -0.3 is 14.2 Å². The first-order valence-electron chi connectivity index (χ1n) is 7.51. The molecule has 0 aliphatic carbocycles. The summed E-state index contributed by atoms with van der Waals surface area (Å²) in [5.41, 5.74) is 0. The number of benzene rings is 1. The van der Waals surface area contributed by atoms with E-state index in [1.165, 1.54) is 24.6 Å². The van der Waals surface area contributed by atoms with Crippen molar-refractivity contribution in [1.29, 1.82) is 0 Å². The summed E-state index contributed by atoms with van der Waals surface area (Å²) in [6, 6.07) is 4.82. The predicted molar refractivity (Wildman–Crippen MR) is 88.7 cm³/mol. The maximum absolute atomic E-state index is 13.0. The number of sulfonamides is 1. The lowest BCUT2D eigenvalue weighted by atomic mass is 10.1. The van der Waals surface area contributed by atoms with Crippen molar-refractivity contribution in [2.45, 2.75) is 22.7 Å². The van der Waals surface area contributed by atoms with Gasteiger partial charge in [-0.25, -0.2) is 8.42 Å². The Balaban J connectivity index is 1.84. The molecular formula is C15H21NO5S2. The van der Waals surface area contributed by atoms with Crippen LogP contribution < -0.4 is 9.47 Å². The Labute approximate surface area is 141 Å². The Morgan fingerprint density at radius 2 is 1.96 bits per heavy atom. The van der Waals surface area contributed by atoms with Crippen molar-refractivity contribution in [3.63, 3.8) is 0 Å². The summed E-state index contributed by atoms with van der Waals surface area (Å²) in [4.78, 5) is -0.0416. The van der Waals surface area contributed by atoms with Crippen molar-refractivity contribution < 1.29 is 22.6 Å². The van der Waals surface area contributed by atoms with E-state index < -0.39 is 10.0 Å². The van der Waals surface area contributed by atoms with E-state index in [1.807, 2.05) is 0 Å². The molecule has 2 saturated heterocycles. The summed E-state index contributed by atoms with van der Waals surface area (Å²) in [7, 11) is -0.641. The molecule has 1 spiro atoms. The van der Waals surface area contributed by atoms with Gasteiger partial charge in [-0.3, -0.25) is 0 Å². The molecule has 23 heavy (non-hydrogen) atoms. The van der Waals surface area contributed by atoms with Crippen LogP contribution in [0.5, 0.6) is 11.5 Å². The van der Waals surface area contributed by atoms with Crippen molar-refractivity contribution in [3.05, 3.63) is 18.2 Å². The molecule has 0 N–H and O–H groups in total. The van der Waals surface area contributed by atoms with E-state index in [0.29, 0.717) is 37.4 Å². The number of hydrogen-bond acceptors (Lipinski definition) is 6. The molecule has 0 atom stereocenters. The van der Waals surface area contributed by atoms with Crippen LogP contribution in [0.2, 0.25) is 0 Å². The summed E-state index contributed by atoms with van der Waals surface area (Å²) >= 11 is 1.80. The minimum atomic E-state index is -3.62. The first-order chi connectivity index (χ1) is 11.0. The van der Waals surface area contributed by atoms with Gasteiger partial charge in [0.1, 0.15) is 21.3 Å². The first kappa shape index (κ1) is 16.9. The Morgan fingerprint density at radius 3 is 2.52 bits per heavy atom. The third-order valence-electron chi connectivity index (χ3n) is 4.29. The molecule has 2 heterocycles. The van der Waals surface area contributed by atoms with Gasteiger partial charge in [0.2, 0.25) is 10.0 Å². The molecule has 0 aromatic heterocycles. The second-order valence-corrected chi connectivity index (χ2v) is 8.88. The van der Waals surface area contributed by atoms with Gasteiger partial charge in [-0.1, -0.05) is 0 Å². The van der Waals surface area contributed by atoms with E-state index in [1.54, 1.807) is 23.9 Å². The monoisotopic (exact) mass is 359 g/mol. The summed E-state index contributed by atoms with van der Waals surface area (Å²) < 4.78 is 43.7. The fraction of sp³-hybridized carbons (Fsp3) is 0.600. The Hall–Kier alpha value is -0.960. The number of hydrogen-bond donors (Lipinski definition) is 0. The van der Waals surface area contributed by atoms with Crippen LogP contribution in [0.15, 0.2) is 23.1 Å². The zero-order valence-corrected chi connectivity index (χ0v) is 14.9. The highest BCUT2D eigenvalue weighted by atomic mass is 32.2. The first-order valence-corrected chi connectivity index (χ1v) is 9.93. The molecule has 0 unspecified atom stereocenters. The topological polar surface area (TPSA) is 65.1 Å². The second kappa shape index (κ2) is 6.51. The van der Waals surface area contributed by atoms with Gasteiger partial charge in [0.25, 0.3) is 0 Å². The van der Waals surface area contributed by atoms with Crippen molar-refractivity contribution in [3.8, 4) is 11.5 Å². The molecule has 1 aromatic rings. The smallest absolute Gasteiger partial charge is 0.246 e. The van der Waals surface area contributed by atoms with Gasteiger partial charge in [0.05, 0.1) is 20.8 Å². The van der Waals surface area contributed by atoms with Gasteiger partial charge in [0.15, 0.2) is 0 Å². The SMILES string of the molecule is COc1ccc(OC)c(S(=O)(=O)N2CCC3(CC2)OCCS3)c1. The van der Waals surface area contributed by atoms with Gasteiger partial charge in [-0.2, -0.15) is 4.31 Å². The highest BCUT2D eigenvalue weighted by Gasteiger charge is 2.42. The molecule has 0 radical (unpaired) electrons. The lowest BCUT2D eigenvalue weighted by molar-refractivity contribution is 0.0161. The maximum atomic E-state index is 13.0. The van der Waals surface area contributed by atoms with E-state index in [0.717, 1.165) is 12.4 Å². The lowest BCUT2D eigenvalue weighted by Crippen LogP contribution is -2.45. The van der Waals surface area contributed by atoms with E-state index in [-0.39, 0.29) is 9.83 Å². The number of ether oxygens (including phenoxy) is 3. The molecule has 0 saturated carbocycles. The molecule has 8 heteroatoms. The van der Waals surface area contributed by atoms with Crippen LogP contribution in [-0.4, -0.2) is 57.3 Å². The van der Waals surface area contributed by atoms with Crippen molar-refractivity contribution >= 4 is 21.8 Å². The van der Waals surface area contributed by atoms with Crippen LogP contribution in [0, 0.1) is 0 Å². The average molecular weight is 359 g/mol. The van der Waals surface area contributed by atoms with E-state index in [9.17, 15) is 8.42 Å². The number of piperidine rings is 1. The molecule has 2 aliphatic rings. The van der Waals surface area contributed by atoms with Crippen LogP contribution in [0.4, 0.5) is 0 Å². The molecule has 3 rings (SSSR count). The van der Waals surface area contributed by atoms with Crippen LogP contribution in [0.25, 0.3) is 0 Å². The molecule has 128 valence electrons. The second-order valence-electron chi connectivity index (χ2n) is 5.53. The average Bonchev–Trinajstić information content (AvgIpc) is 3.02. The minimum Gasteiger partial charge on any atom is -0.497 e. The quantitative estimate of drug-likeness (QED) is 0.819. The van der Waals surface area contributed by atoms with Crippen LogP contribution >= 0.6 is 11.8 Å². The molecule has 1 aromatic carbocycles. The number of methoxy groups -OCH3 is 2. The summed E-state index contributed by atoms with van der Waals surface area (Å²) in [5.74, 6) is 1.81. The maximum Gasteiger partial charge on any atom is 0.246 e. The van der Waals surface area contributed by atoms with Crippen LogP contribution in [0.1, 0.15) is 12.8 Å². The zero-order chi connectivity index (χ0) is 16.5. The third-order valence-corrected chi connectivity index (χ3v) is 7.63. The molecule has 0 amide bonds. The Kier molecular flexibility index (Phi) is 4.78. The predicted octanol–water partition coefficient (Wildman–Crippen LogP) is 1.95. The zero-order valence-electron chi connectivity index (χ0n) is 13.3. The van der Waals surface area contributed by atoms with E-state index in [2.05, 4.69) is 0 Å². The van der Waals surface area contributed by atoms with E-state index >= 15 is 0 Å². The lowest BCUT2D eigenvalue weighted by Gasteiger charge is -2.37. The van der Waals surface area contributed by atoms with Gasteiger partial charge >= 0.3 is 0 Å². The number of nitrogens with zero attached hydrogens (tertiary/aromatic N) is 1. The largest absolute Gasteiger partial charge is 0.497 e.